The zero-order valence-corrected chi connectivity index (χ0v) is 14.0. The summed E-state index contributed by atoms with van der Waals surface area (Å²) in [5, 5.41) is 13.8. The predicted molar refractivity (Wildman–Crippen MR) is 85.0 cm³/mol. The van der Waals surface area contributed by atoms with Crippen LogP contribution >= 0.6 is 12.4 Å². The lowest BCUT2D eigenvalue weighted by atomic mass is 10.2. The summed E-state index contributed by atoms with van der Waals surface area (Å²) in [7, 11) is -2.19. The molecule has 0 aliphatic heterocycles. The fourth-order valence-electron chi connectivity index (χ4n) is 1.74. The minimum atomic E-state index is -3.77. The van der Waals surface area contributed by atoms with Crippen molar-refractivity contribution in [3.05, 3.63) is 33.9 Å². The molecule has 8 nitrogen and oxygen atoms in total. The molecular weight excluding hydrogens is 334 g/mol. The number of methoxy groups -OCH3 is 1. The van der Waals surface area contributed by atoms with Crippen molar-refractivity contribution in [2.75, 3.05) is 33.4 Å². The highest BCUT2D eigenvalue weighted by molar-refractivity contribution is 7.89. The van der Waals surface area contributed by atoms with E-state index < -0.39 is 14.9 Å². The van der Waals surface area contributed by atoms with Gasteiger partial charge in [0.15, 0.2) is 0 Å². The number of benzene rings is 1. The lowest BCUT2D eigenvalue weighted by molar-refractivity contribution is -0.385. The number of hydrogen-bond donors (Lipinski definition) is 2. The van der Waals surface area contributed by atoms with Crippen LogP contribution in [0.4, 0.5) is 5.69 Å². The van der Waals surface area contributed by atoms with Gasteiger partial charge in [0, 0.05) is 38.4 Å². The van der Waals surface area contributed by atoms with Crippen LogP contribution in [-0.4, -0.2) is 46.7 Å². The Morgan fingerprint density at radius 2 is 1.95 bits per heavy atom. The summed E-state index contributed by atoms with van der Waals surface area (Å²) in [6.07, 6.45) is 0. The molecular formula is C12H20ClN3O5S. The van der Waals surface area contributed by atoms with E-state index in [9.17, 15) is 18.5 Å². The van der Waals surface area contributed by atoms with Gasteiger partial charge in [0.05, 0.1) is 16.4 Å². The van der Waals surface area contributed by atoms with Gasteiger partial charge in [-0.25, -0.2) is 13.1 Å². The van der Waals surface area contributed by atoms with Gasteiger partial charge in [-0.2, -0.15) is 0 Å². The summed E-state index contributed by atoms with van der Waals surface area (Å²) in [4.78, 5) is 10.2. The molecule has 0 spiro atoms. The van der Waals surface area contributed by atoms with Gasteiger partial charge in [-0.15, -0.1) is 12.4 Å². The van der Waals surface area contributed by atoms with Gasteiger partial charge in [0.2, 0.25) is 10.0 Å². The first kappa shape index (κ1) is 20.7. The predicted octanol–water partition coefficient (Wildman–Crippen LogP) is 0.839. The minimum absolute atomic E-state index is 0. The van der Waals surface area contributed by atoms with Crippen LogP contribution in [0.25, 0.3) is 0 Å². The van der Waals surface area contributed by atoms with Gasteiger partial charge in [0.1, 0.15) is 0 Å². The molecule has 22 heavy (non-hydrogen) atoms. The van der Waals surface area contributed by atoms with Crippen molar-refractivity contribution in [2.45, 2.75) is 11.8 Å². The number of nitro benzene ring substituents is 1. The third kappa shape index (κ3) is 5.85. The molecule has 1 aromatic rings. The first-order chi connectivity index (χ1) is 9.90. The molecule has 0 saturated carbocycles. The van der Waals surface area contributed by atoms with Crippen LogP contribution in [0.15, 0.2) is 23.1 Å². The van der Waals surface area contributed by atoms with Gasteiger partial charge in [-0.3, -0.25) is 10.1 Å². The van der Waals surface area contributed by atoms with Gasteiger partial charge < -0.3 is 10.1 Å². The summed E-state index contributed by atoms with van der Waals surface area (Å²) in [6, 6.07) is 3.99. The molecule has 0 aliphatic rings. The molecule has 0 amide bonds. The van der Waals surface area contributed by atoms with Crippen molar-refractivity contribution in [1.82, 2.24) is 10.0 Å². The smallest absolute Gasteiger partial charge is 0.273 e. The van der Waals surface area contributed by atoms with E-state index in [0.29, 0.717) is 19.7 Å². The van der Waals surface area contributed by atoms with Gasteiger partial charge in [-0.1, -0.05) is 6.07 Å². The van der Waals surface area contributed by atoms with Crippen molar-refractivity contribution in [1.29, 1.82) is 0 Å². The van der Waals surface area contributed by atoms with Crippen molar-refractivity contribution in [3.63, 3.8) is 0 Å². The second kappa shape index (κ2) is 9.70. The van der Waals surface area contributed by atoms with Gasteiger partial charge >= 0.3 is 0 Å². The number of nitrogens with one attached hydrogen (secondary N) is 2. The summed E-state index contributed by atoms with van der Waals surface area (Å²) < 4.78 is 31.5. The lowest BCUT2D eigenvalue weighted by Gasteiger charge is -2.10. The highest BCUT2D eigenvalue weighted by Gasteiger charge is 2.22. The third-order valence-corrected chi connectivity index (χ3v) is 4.42. The minimum Gasteiger partial charge on any atom is -0.383 e. The average molecular weight is 354 g/mol. The molecule has 0 aromatic heterocycles. The van der Waals surface area contributed by atoms with Crippen LogP contribution in [0.5, 0.6) is 0 Å². The SMILES string of the molecule is COCCNCCNS(=O)(=O)c1cccc([N+](=O)[O-])c1C.Cl. The molecule has 0 saturated heterocycles. The normalized spacial score (nSPS) is 11.0. The first-order valence-electron chi connectivity index (χ1n) is 6.33. The molecule has 2 N–H and O–H groups in total. The Morgan fingerprint density at radius 1 is 1.27 bits per heavy atom. The number of sulfonamides is 1. The fourth-order valence-corrected chi connectivity index (χ4v) is 3.03. The van der Waals surface area contributed by atoms with Gasteiger partial charge in [-0.05, 0) is 13.0 Å². The maximum atomic E-state index is 12.1. The van der Waals surface area contributed by atoms with E-state index in [2.05, 4.69) is 10.0 Å². The van der Waals surface area contributed by atoms with Crippen molar-refractivity contribution in [2.24, 2.45) is 0 Å². The van der Waals surface area contributed by atoms with Crippen LogP contribution in [-0.2, 0) is 14.8 Å². The van der Waals surface area contributed by atoms with Crippen LogP contribution < -0.4 is 10.0 Å². The van der Waals surface area contributed by atoms with Crippen molar-refractivity contribution in [3.8, 4) is 0 Å². The molecule has 0 atom stereocenters. The third-order valence-electron chi connectivity index (χ3n) is 2.82. The Labute approximate surface area is 135 Å². The molecule has 0 radical (unpaired) electrons. The monoisotopic (exact) mass is 353 g/mol. The molecule has 0 fully saturated rings. The number of nitro groups is 1. The number of nitrogens with zero attached hydrogens (tertiary/aromatic N) is 1. The summed E-state index contributed by atoms with van der Waals surface area (Å²) in [5.41, 5.74) is -0.0848. The zero-order valence-electron chi connectivity index (χ0n) is 12.4. The molecule has 126 valence electrons. The number of halogens is 1. The van der Waals surface area contributed by atoms with Crippen LogP contribution in [0.1, 0.15) is 5.56 Å². The highest BCUT2D eigenvalue weighted by Crippen LogP contribution is 2.24. The maximum absolute atomic E-state index is 12.1. The standard InChI is InChI=1S/C12H19N3O5S.ClH/c1-10-11(15(16)17)4-3-5-12(10)21(18,19)14-7-6-13-8-9-20-2;/h3-5,13-14H,6-9H2,1-2H3;1H. The van der Waals surface area contributed by atoms with E-state index in [1.54, 1.807) is 7.11 Å². The van der Waals surface area contributed by atoms with Gasteiger partial charge in [0.25, 0.3) is 5.69 Å². The average Bonchev–Trinajstić information content (AvgIpc) is 2.42. The van der Waals surface area contributed by atoms with Crippen LogP contribution in [0.3, 0.4) is 0 Å². The molecule has 0 unspecified atom stereocenters. The number of rotatable bonds is 9. The second-order valence-corrected chi connectivity index (χ2v) is 6.03. The molecule has 1 rings (SSSR count). The van der Waals surface area contributed by atoms with E-state index in [1.807, 2.05) is 0 Å². The number of ether oxygens (including phenoxy) is 1. The Bertz CT molecular complexity index is 594. The quantitative estimate of drug-likeness (QED) is 0.386. The van der Waals surface area contributed by atoms with E-state index in [4.69, 9.17) is 4.74 Å². The molecule has 0 bridgehead atoms. The summed E-state index contributed by atoms with van der Waals surface area (Å²) in [6.45, 7) is 3.21. The van der Waals surface area contributed by atoms with Crippen molar-refractivity contribution >= 4 is 28.1 Å². The van der Waals surface area contributed by atoms with Crippen molar-refractivity contribution < 1.29 is 18.1 Å². The Hall–Kier alpha value is -1.26. The first-order valence-corrected chi connectivity index (χ1v) is 7.82. The summed E-state index contributed by atoms with van der Waals surface area (Å²) in [5.74, 6) is 0. The second-order valence-electron chi connectivity index (χ2n) is 4.30. The summed E-state index contributed by atoms with van der Waals surface area (Å²) >= 11 is 0. The lowest BCUT2D eigenvalue weighted by Crippen LogP contribution is -2.33. The molecule has 1 aromatic carbocycles. The maximum Gasteiger partial charge on any atom is 0.273 e. The van der Waals surface area contributed by atoms with E-state index >= 15 is 0 Å². The van der Waals surface area contributed by atoms with Crippen LogP contribution in [0.2, 0.25) is 0 Å². The molecule has 0 heterocycles. The fraction of sp³-hybridized carbons (Fsp3) is 0.500. The Morgan fingerprint density at radius 3 is 2.55 bits per heavy atom. The highest BCUT2D eigenvalue weighted by atomic mass is 35.5. The van der Waals surface area contributed by atoms with E-state index in [1.165, 1.54) is 25.1 Å². The zero-order chi connectivity index (χ0) is 15.9. The van der Waals surface area contributed by atoms with E-state index in [-0.39, 0.29) is 35.1 Å². The molecule has 0 aliphatic carbocycles. The van der Waals surface area contributed by atoms with E-state index in [0.717, 1.165) is 0 Å². The largest absolute Gasteiger partial charge is 0.383 e. The Balaban J connectivity index is 0.00000441. The Kier molecular flexibility index (Phi) is 9.14. The molecule has 10 heteroatoms. The topological polar surface area (TPSA) is 111 Å². The van der Waals surface area contributed by atoms with Crippen LogP contribution in [0, 0.1) is 17.0 Å². The number of hydrogen-bond acceptors (Lipinski definition) is 6.